The minimum Gasteiger partial charge on any atom is -0.390 e. The molecular weight excluding hydrogens is 417 g/mol. The van der Waals surface area contributed by atoms with Crippen LogP contribution in [-0.2, 0) is 6.61 Å². The van der Waals surface area contributed by atoms with Gasteiger partial charge in [0.25, 0.3) is 0 Å². The van der Waals surface area contributed by atoms with Crippen LogP contribution < -0.4 is 10.6 Å². The molecule has 2 aromatic heterocycles. The Bertz CT molecular complexity index is 856. The van der Waals surface area contributed by atoms with Crippen LogP contribution in [0.4, 0.5) is 5.82 Å². The summed E-state index contributed by atoms with van der Waals surface area (Å²) in [6.45, 7) is 7.72. The summed E-state index contributed by atoms with van der Waals surface area (Å²) in [5, 5.41) is 11.4. The number of aliphatic hydroxyl groups excluding tert-OH is 1. The molecule has 28 heavy (non-hydrogen) atoms. The molecule has 6 nitrogen and oxygen atoms in total. The van der Waals surface area contributed by atoms with Crippen LogP contribution in [0, 0.1) is 12.3 Å². The zero-order valence-electron chi connectivity index (χ0n) is 16.2. The lowest BCUT2D eigenvalue weighted by molar-refractivity contribution is 0.204. The SMILES string of the molecule is Cc1nc(N2CCC(C)([C@H](C)N)CC2)c(CO)nc1Sc1cncc(Cl)c1Cl. The van der Waals surface area contributed by atoms with E-state index in [0.29, 0.717) is 25.7 Å². The van der Waals surface area contributed by atoms with Gasteiger partial charge >= 0.3 is 0 Å². The molecule has 0 bridgehead atoms. The van der Waals surface area contributed by atoms with Crippen molar-refractivity contribution in [2.24, 2.45) is 11.1 Å². The van der Waals surface area contributed by atoms with Crippen LogP contribution in [0.1, 0.15) is 38.1 Å². The van der Waals surface area contributed by atoms with E-state index in [2.05, 4.69) is 28.7 Å². The number of aliphatic hydroxyl groups is 1. The molecule has 1 saturated heterocycles. The minimum absolute atomic E-state index is 0.129. The number of nitrogens with two attached hydrogens (primary N) is 1. The Kier molecular flexibility index (Phi) is 6.72. The number of pyridine rings is 1. The molecule has 0 aromatic carbocycles. The lowest BCUT2D eigenvalue weighted by Gasteiger charge is -2.42. The maximum absolute atomic E-state index is 9.90. The third-order valence-electron chi connectivity index (χ3n) is 5.54. The van der Waals surface area contributed by atoms with Gasteiger partial charge in [-0.1, -0.05) is 41.9 Å². The van der Waals surface area contributed by atoms with Crippen LogP contribution >= 0.6 is 35.0 Å². The summed E-state index contributed by atoms with van der Waals surface area (Å²) in [7, 11) is 0. The van der Waals surface area contributed by atoms with Crippen molar-refractivity contribution >= 4 is 40.8 Å². The van der Waals surface area contributed by atoms with Gasteiger partial charge in [0, 0.05) is 31.5 Å². The molecule has 9 heteroatoms. The highest BCUT2D eigenvalue weighted by molar-refractivity contribution is 7.99. The van der Waals surface area contributed by atoms with Crippen molar-refractivity contribution in [2.45, 2.75) is 56.2 Å². The fourth-order valence-corrected chi connectivity index (χ4v) is 4.54. The van der Waals surface area contributed by atoms with Crippen LogP contribution in [0.2, 0.25) is 10.0 Å². The summed E-state index contributed by atoms with van der Waals surface area (Å²) in [6, 6.07) is 0.148. The molecule has 3 heterocycles. The number of anilines is 1. The zero-order valence-corrected chi connectivity index (χ0v) is 18.6. The Balaban J connectivity index is 1.85. The Morgan fingerprint density at radius 1 is 1.29 bits per heavy atom. The van der Waals surface area contributed by atoms with Crippen molar-refractivity contribution in [1.82, 2.24) is 15.0 Å². The molecule has 0 aliphatic carbocycles. The van der Waals surface area contributed by atoms with Crippen molar-refractivity contribution in [3.63, 3.8) is 0 Å². The third kappa shape index (κ3) is 4.39. The zero-order chi connectivity index (χ0) is 20.5. The van der Waals surface area contributed by atoms with E-state index in [9.17, 15) is 5.11 Å². The summed E-state index contributed by atoms with van der Waals surface area (Å²) in [4.78, 5) is 16.4. The van der Waals surface area contributed by atoms with Gasteiger partial charge in [-0.2, -0.15) is 0 Å². The lowest BCUT2D eigenvalue weighted by Crippen LogP contribution is -2.47. The van der Waals surface area contributed by atoms with Gasteiger partial charge in [-0.15, -0.1) is 0 Å². The van der Waals surface area contributed by atoms with Crippen LogP contribution in [0.15, 0.2) is 22.3 Å². The monoisotopic (exact) mass is 441 g/mol. The molecule has 0 unspecified atom stereocenters. The van der Waals surface area contributed by atoms with E-state index in [-0.39, 0.29) is 18.1 Å². The summed E-state index contributed by atoms with van der Waals surface area (Å²) in [5.41, 5.74) is 7.63. The molecule has 0 amide bonds. The summed E-state index contributed by atoms with van der Waals surface area (Å²) in [5.74, 6) is 0.742. The van der Waals surface area contributed by atoms with Gasteiger partial charge in [0.05, 0.1) is 27.2 Å². The van der Waals surface area contributed by atoms with Gasteiger partial charge in [0.2, 0.25) is 0 Å². The number of hydrogen-bond acceptors (Lipinski definition) is 7. The normalized spacial score (nSPS) is 17.6. The highest BCUT2D eigenvalue weighted by atomic mass is 35.5. The van der Waals surface area contributed by atoms with E-state index in [4.69, 9.17) is 33.9 Å². The molecule has 3 N–H and O–H groups in total. The van der Waals surface area contributed by atoms with E-state index in [1.807, 2.05) is 6.92 Å². The van der Waals surface area contributed by atoms with Gasteiger partial charge in [0.15, 0.2) is 5.82 Å². The maximum atomic E-state index is 9.90. The van der Waals surface area contributed by atoms with Crippen molar-refractivity contribution in [1.29, 1.82) is 0 Å². The molecule has 0 spiro atoms. The first-order valence-electron chi connectivity index (χ1n) is 9.21. The quantitative estimate of drug-likeness (QED) is 0.721. The molecule has 1 aliphatic heterocycles. The Hall–Kier alpha value is -1.12. The first kappa shape index (κ1) is 21.6. The smallest absolute Gasteiger partial charge is 0.153 e. The van der Waals surface area contributed by atoms with E-state index < -0.39 is 0 Å². The fraction of sp³-hybridized carbons (Fsp3) is 0.526. The molecule has 0 saturated carbocycles. The number of rotatable bonds is 5. The van der Waals surface area contributed by atoms with Crippen molar-refractivity contribution in [3.05, 3.63) is 33.8 Å². The second kappa shape index (κ2) is 8.71. The van der Waals surface area contributed by atoms with Gasteiger partial charge in [-0.25, -0.2) is 9.97 Å². The van der Waals surface area contributed by atoms with Crippen LogP contribution in [0.5, 0.6) is 0 Å². The summed E-state index contributed by atoms with van der Waals surface area (Å²) in [6.07, 6.45) is 5.11. The second-order valence-corrected chi connectivity index (χ2v) is 9.32. The molecule has 152 valence electrons. The Morgan fingerprint density at radius 3 is 2.57 bits per heavy atom. The largest absolute Gasteiger partial charge is 0.390 e. The number of aromatic nitrogens is 3. The second-order valence-electron chi connectivity index (χ2n) is 7.51. The van der Waals surface area contributed by atoms with Gasteiger partial charge < -0.3 is 15.7 Å². The average Bonchev–Trinajstić information content (AvgIpc) is 2.67. The summed E-state index contributed by atoms with van der Waals surface area (Å²) >= 11 is 13.7. The minimum atomic E-state index is -0.182. The van der Waals surface area contributed by atoms with Gasteiger partial charge in [0.1, 0.15) is 10.7 Å². The number of hydrogen-bond donors (Lipinski definition) is 2. The van der Waals surface area contributed by atoms with E-state index >= 15 is 0 Å². The highest BCUT2D eigenvalue weighted by Crippen LogP contribution is 2.39. The van der Waals surface area contributed by atoms with Crippen LogP contribution in [-0.4, -0.2) is 39.2 Å². The van der Waals surface area contributed by atoms with Crippen LogP contribution in [0.25, 0.3) is 0 Å². The number of piperidine rings is 1. The third-order valence-corrected chi connectivity index (χ3v) is 7.56. The van der Waals surface area contributed by atoms with Crippen molar-refractivity contribution in [2.75, 3.05) is 18.0 Å². The highest BCUT2D eigenvalue weighted by Gasteiger charge is 2.34. The van der Waals surface area contributed by atoms with E-state index in [1.165, 1.54) is 18.0 Å². The maximum Gasteiger partial charge on any atom is 0.153 e. The molecule has 3 rings (SSSR count). The van der Waals surface area contributed by atoms with E-state index in [1.54, 1.807) is 6.20 Å². The molecular formula is C19H25Cl2N5OS. The molecule has 1 aliphatic rings. The predicted molar refractivity (Wildman–Crippen MR) is 114 cm³/mol. The lowest BCUT2D eigenvalue weighted by atomic mass is 9.75. The number of halogens is 2. The topological polar surface area (TPSA) is 88.2 Å². The molecule has 1 atom stereocenters. The molecule has 2 aromatic rings. The first-order valence-corrected chi connectivity index (χ1v) is 10.8. The van der Waals surface area contributed by atoms with Crippen molar-refractivity contribution < 1.29 is 5.11 Å². The van der Waals surface area contributed by atoms with E-state index in [0.717, 1.165) is 37.4 Å². The van der Waals surface area contributed by atoms with Gasteiger partial charge in [-0.3, -0.25) is 4.98 Å². The van der Waals surface area contributed by atoms with Crippen LogP contribution in [0.3, 0.4) is 0 Å². The molecule has 0 radical (unpaired) electrons. The Labute approximate surface area is 179 Å². The molecule has 1 fully saturated rings. The first-order chi connectivity index (χ1) is 13.2. The Morgan fingerprint density at radius 2 is 1.96 bits per heavy atom. The summed E-state index contributed by atoms with van der Waals surface area (Å²) < 4.78 is 0. The average molecular weight is 442 g/mol. The number of nitrogens with zero attached hydrogens (tertiary/aromatic N) is 4. The van der Waals surface area contributed by atoms with Crippen molar-refractivity contribution in [3.8, 4) is 0 Å². The standard InChI is InChI=1S/C19H25Cl2N5OS/c1-11-18(28-15-9-23-8-13(20)16(15)21)25-14(10-27)17(24-11)26-6-4-19(3,5-7-26)12(2)22/h8-9,12,27H,4-7,10,22H2,1-3H3/t12-/m0/s1. The number of aryl methyl sites for hydroxylation is 1. The predicted octanol–water partition coefficient (Wildman–Crippen LogP) is 4.08. The fourth-order valence-electron chi connectivity index (χ4n) is 3.24. The van der Waals surface area contributed by atoms with Gasteiger partial charge in [-0.05, 0) is 32.1 Å².